The van der Waals surface area contributed by atoms with E-state index in [9.17, 15) is 9.59 Å². The van der Waals surface area contributed by atoms with Crippen LogP contribution in [0.1, 0.15) is 11.5 Å². The Hall–Kier alpha value is -1.68. The van der Waals surface area contributed by atoms with E-state index >= 15 is 0 Å². The fraction of sp³-hybridized carbons (Fsp3) is 0.182. The molecular formula is C11H9ClN2O2. The zero-order valence-corrected chi connectivity index (χ0v) is 9.07. The second kappa shape index (κ2) is 4.45. The number of aliphatic imine (C=N–C) groups is 1. The summed E-state index contributed by atoms with van der Waals surface area (Å²) in [6.45, 7) is 0. The van der Waals surface area contributed by atoms with Crippen molar-refractivity contribution in [2.24, 2.45) is 4.99 Å². The number of hydrogen-bond acceptors (Lipinski definition) is 2. The molecule has 1 N–H and O–H groups in total. The Kier molecular flexibility index (Phi) is 3.01. The lowest BCUT2D eigenvalue weighted by molar-refractivity contribution is -0.129. The van der Waals surface area contributed by atoms with Gasteiger partial charge in [-0.1, -0.05) is 30.3 Å². The number of nitrogens with zero attached hydrogens (tertiary/aromatic N) is 1. The van der Waals surface area contributed by atoms with Gasteiger partial charge in [0.2, 0.25) is 5.91 Å². The molecule has 1 aliphatic heterocycles. The zero-order chi connectivity index (χ0) is 11.5. The van der Waals surface area contributed by atoms with Crippen LogP contribution in [0.15, 0.2) is 35.3 Å². The molecule has 1 unspecified atom stereocenters. The highest BCUT2D eigenvalue weighted by molar-refractivity contribution is 6.32. The third-order valence-corrected chi connectivity index (χ3v) is 2.53. The molecule has 1 aromatic carbocycles. The van der Waals surface area contributed by atoms with E-state index < -0.39 is 11.8 Å². The van der Waals surface area contributed by atoms with Crippen LogP contribution < -0.4 is 5.32 Å². The monoisotopic (exact) mass is 236 g/mol. The molecule has 2 amide bonds. The first-order valence-corrected chi connectivity index (χ1v) is 5.29. The molecule has 2 rings (SSSR count). The Morgan fingerprint density at radius 3 is 2.50 bits per heavy atom. The predicted molar refractivity (Wildman–Crippen MR) is 60.5 cm³/mol. The van der Waals surface area contributed by atoms with Gasteiger partial charge in [0.05, 0.1) is 5.88 Å². The molecule has 0 saturated heterocycles. The van der Waals surface area contributed by atoms with Crippen molar-refractivity contribution in [3.63, 3.8) is 0 Å². The fourth-order valence-electron chi connectivity index (χ4n) is 1.55. The summed E-state index contributed by atoms with van der Waals surface area (Å²) in [6.07, 6.45) is 0. The predicted octanol–water partition coefficient (Wildman–Crippen LogP) is 1.06. The van der Waals surface area contributed by atoms with E-state index in [4.69, 9.17) is 11.6 Å². The highest BCUT2D eigenvalue weighted by Crippen LogP contribution is 2.19. The standard InChI is InChI=1S/C11H9ClN2O2/c12-6-8-13-10(15)9(11(16)14-8)7-4-2-1-3-5-7/h1-5,9H,6H2,(H,13,14,15,16). The quantitative estimate of drug-likeness (QED) is 0.617. The zero-order valence-electron chi connectivity index (χ0n) is 8.31. The van der Waals surface area contributed by atoms with Gasteiger partial charge in [-0.05, 0) is 5.56 Å². The topological polar surface area (TPSA) is 58.5 Å². The number of rotatable bonds is 2. The van der Waals surface area contributed by atoms with Crippen molar-refractivity contribution in [1.82, 2.24) is 5.32 Å². The van der Waals surface area contributed by atoms with Crippen LogP contribution in [0.5, 0.6) is 0 Å². The summed E-state index contributed by atoms with van der Waals surface area (Å²) in [5.41, 5.74) is 0.641. The van der Waals surface area contributed by atoms with Crippen LogP contribution in [0.2, 0.25) is 0 Å². The van der Waals surface area contributed by atoms with Crippen LogP contribution in [0.25, 0.3) is 0 Å². The van der Waals surface area contributed by atoms with Gasteiger partial charge in [-0.15, -0.1) is 11.6 Å². The number of alkyl halides is 1. The number of hydrogen-bond donors (Lipinski definition) is 1. The second-order valence-corrected chi connectivity index (χ2v) is 3.63. The van der Waals surface area contributed by atoms with Crippen molar-refractivity contribution < 1.29 is 9.59 Å². The first kappa shape index (κ1) is 10.8. The molecule has 16 heavy (non-hydrogen) atoms. The molecule has 0 saturated carbocycles. The molecule has 0 spiro atoms. The molecule has 4 nitrogen and oxygen atoms in total. The number of benzene rings is 1. The molecule has 82 valence electrons. The van der Waals surface area contributed by atoms with Gasteiger partial charge >= 0.3 is 0 Å². The maximum atomic E-state index is 11.7. The van der Waals surface area contributed by atoms with E-state index in [0.29, 0.717) is 5.56 Å². The smallest absolute Gasteiger partial charge is 0.264 e. The normalized spacial score (nSPS) is 20.3. The molecule has 5 heteroatoms. The van der Waals surface area contributed by atoms with Crippen molar-refractivity contribution in [3.05, 3.63) is 35.9 Å². The molecule has 1 aromatic rings. The van der Waals surface area contributed by atoms with Crippen LogP contribution in [0.4, 0.5) is 0 Å². The van der Waals surface area contributed by atoms with Gasteiger partial charge in [0, 0.05) is 0 Å². The lowest BCUT2D eigenvalue weighted by Gasteiger charge is -2.19. The molecule has 1 heterocycles. The number of halogens is 1. The van der Waals surface area contributed by atoms with Gasteiger partial charge in [-0.25, -0.2) is 0 Å². The van der Waals surface area contributed by atoms with Gasteiger partial charge < -0.3 is 5.32 Å². The van der Waals surface area contributed by atoms with E-state index in [0.717, 1.165) is 0 Å². The molecule has 0 fully saturated rings. The van der Waals surface area contributed by atoms with Gasteiger partial charge in [0.15, 0.2) is 0 Å². The lowest BCUT2D eigenvalue weighted by atomic mass is 9.96. The Labute approximate surface area is 97.3 Å². The Morgan fingerprint density at radius 1 is 1.25 bits per heavy atom. The number of carbonyl (C=O) groups excluding carboxylic acids is 2. The van der Waals surface area contributed by atoms with E-state index in [1.165, 1.54) is 0 Å². The Morgan fingerprint density at radius 2 is 1.94 bits per heavy atom. The second-order valence-electron chi connectivity index (χ2n) is 3.36. The van der Waals surface area contributed by atoms with Crippen molar-refractivity contribution in [1.29, 1.82) is 0 Å². The molecule has 0 aromatic heterocycles. The molecule has 0 bridgehead atoms. The van der Waals surface area contributed by atoms with E-state index in [2.05, 4.69) is 10.3 Å². The summed E-state index contributed by atoms with van der Waals surface area (Å²) in [6, 6.07) is 8.82. The largest absolute Gasteiger partial charge is 0.312 e. The summed E-state index contributed by atoms with van der Waals surface area (Å²) in [5.74, 6) is -1.46. The average molecular weight is 237 g/mol. The lowest BCUT2D eigenvalue weighted by Crippen LogP contribution is -2.43. The third-order valence-electron chi connectivity index (χ3n) is 2.28. The number of nitrogens with one attached hydrogen (secondary N) is 1. The average Bonchev–Trinajstić information content (AvgIpc) is 2.29. The van der Waals surface area contributed by atoms with E-state index in [1.807, 2.05) is 6.07 Å². The Balaban J connectivity index is 2.34. The van der Waals surface area contributed by atoms with E-state index in [-0.39, 0.29) is 17.6 Å². The first-order valence-electron chi connectivity index (χ1n) is 4.75. The maximum Gasteiger partial charge on any atom is 0.264 e. The van der Waals surface area contributed by atoms with E-state index in [1.54, 1.807) is 24.3 Å². The van der Waals surface area contributed by atoms with Crippen molar-refractivity contribution in [3.8, 4) is 0 Å². The van der Waals surface area contributed by atoms with Crippen LogP contribution >= 0.6 is 11.6 Å². The highest BCUT2D eigenvalue weighted by Gasteiger charge is 2.32. The summed E-state index contributed by atoms with van der Waals surface area (Å²) in [7, 11) is 0. The molecule has 1 aliphatic rings. The Bertz CT molecular complexity index is 456. The minimum Gasteiger partial charge on any atom is -0.312 e. The summed E-state index contributed by atoms with van der Waals surface area (Å²) >= 11 is 5.51. The fourth-order valence-corrected chi connectivity index (χ4v) is 1.68. The van der Waals surface area contributed by atoms with Crippen molar-refractivity contribution in [2.45, 2.75) is 5.92 Å². The minimum atomic E-state index is -0.854. The van der Waals surface area contributed by atoms with Crippen LogP contribution in [-0.2, 0) is 9.59 Å². The molecule has 0 radical (unpaired) electrons. The number of amidine groups is 1. The van der Waals surface area contributed by atoms with Crippen LogP contribution in [-0.4, -0.2) is 23.5 Å². The van der Waals surface area contributed by atoms with Crippen LogP contribution in [0, 0.1) is 0 Å². The number of amides is 2. The number of carbonyl (C=O) groups is 2. The first-order chi connectivity index (χ1) is 7.72. The highest BCUT2D eigenvalue weighted by atomic mass is 35.5. The van der Waals surface area contributed by atoms with Gasteiger partial charge in [-0.2, -0.15) is 4.99 Å². The summed E-state index contributed by atoms with van der Waals surface area (Å²) < 4.78 is 0. The summed E-state index contributed by atoms with van der Waals surface area (Å²) in [4.78, 5) is 27.1. The van der Waals surface area contributed by atoms with Gasteiger partial charge in [0.1, 0.15) is 11.8 Å². The summed E-state index contributed by atoms with van der Waals surface area (Å²) in [5, 5.41) is 2.50. The third kappa shape index (κ3) is 1.97. The maximum absolute atomic E-state index is 11.7. The SMILES string of the molecule is O=C1N=C(CCl)NC(=O)C1c1ccccc1. The van der Waals surface area contributed by atoms with Crippen molar-refractivity contribution in [2.75, 3.05) is 5.88 Å². The van der Waals surface area contributed by atoms with Gasteiger partial charge in [-0.3, -0.25) is 9.59 Å². The molecule has 0 aliphatic carbocycles. The van der Waals surface area contributed by atoms with Gasteiger partial charge in [0.25, 0.3) is 5.91 Å². The van der Waals surface area contributed by atoms with Crippen LogP contribution in [0.3, 0.4) is 0 Å². The van der Waals surface area contributed by atoms with Crippen molar-refractivity contribution >= 4 is 29.3 Å². The molecule has 1 atom stereocenters. The molecular weight excluding hydrogens is 228 g/mol. The minimum absolute atomic E-state index is 0.0268.